The molecule has 1 aromatic carbocycles. The summed E-state index contributed by atoms with van der Waals surface area (Å²) in [7, 11) is 1.97. The van der Waals surface area contributed by atoms with Crippen molar-refractivity contribution in [1.29, 1.82) is 0 Å². The Balaban J connectivity index is 1.87. The number of hydrogen-bond acceptors (Lipinski definition) is 3. The summed E-state index contributed by atoms with van der Waals surface area (Å²) in [5.74, 6) is -1.67. The van der Waals surface area contributed by atoms with Gasteiger partial charge < -0.3 is 9.64 Å². The number of Topliss-reactive ketones (excluding diaryl/α,β-unsaturated/α-hetero) is 1. The fraction of sp³-hybridized carbons (Fsp3) is 0.533. The molecule has 1 aliphatic rings. The Bertz CT molecular complexity index is 453. The van der Waals surface area contributed by atoms with E-state index in [1.807, 2.05) is 7.05 Å². The van der Waals surface area contributed by atoms with Crippen LogP contribution in [0.4, 0.5) is 8.78 Å². The lowest BCUT2D eigenvalue weighted by Gasteiger charge is -2.30. The average Bonchev–Trinajstić information content (AvgIpc) is 2.44. The van der Waals surface area contributed by atoms with Crippen LogP contribution in [0.1, 0.15) is 29.6 Å². The maximum Gasteiger partial charge on any atom is 0.164 e. The Labute approximate surface area is 117 Å². The molecule has 0 bridgehead atoms. The molecule has 2 rings (SSSR count). The molecule has 0 aromatic heterocycles. The molecule has 5 heteroatoms. The minimum Gasteiger partial charge on any atom is -0.381 e. The summed E-state index contributed by atoms with van der Waals surface area (Å²) >= 11 is 0. The molecule has 0 amide bonds. The number of hydrogen-bond donors (Lipinski definition) is 0. The molecule has 0 atom stereocenters. The van der Waals surface area contributed by atoms with Gasteiger partial charge in [-0.15, -0.1) is 0 Å². The monoisotopic (exact) mass is 283 g/mol. The van der Waals surface area contributed by atoms with Crippen molar-refractivity contribution in [2.24, 2.45) is 0 Å². The third kappa shape index (κ3) is 4.08. The zero-order valence-electron chi connectivity index (χ0n) is 11.6. The van der Waals surface area contributed by atoms with Gasteiger partial charge in [0, 0.05) is 43.9 Å². The zero-order valence-corrected chi connectivity index (χ0v) is 11.6. The van der Waals surface area contributed by atoms with Crippen LogP contribution in [0.2, 0.25) is 0 Å². The van der Waals surface area contributed by atoms with Crippen LogP contribution in [-0.4, -0.2) is 43.5 Å². The van der Waals surface area contributed by atoms with Crippen LogP contribution < -0.4 is 0 Å². The van der Waals surface area contributed by atoms with E-state index in [1.54, 1.807) is 0 Å². The molecule has 0 N–H and O–H groups in total. The molecule has 1 heterocycles. The lowest BCUT2D eigenvalue weighted by molar-refractivity contribution is 0.0425. The highest BCUT2D eigenvalue weighted by molar-refractivity contribution is 5.96. The summed E-state index contributed by atoms with van der Waals surface area (Å²) in [4.78, 5) is 14.1. The number of carbonyl (C=O) groups excluding carboxylic acids is 1. The van der Waals surface area contributed by atoms with E-state index in [-0.39, 0.29) is 17.8 Å². The topological polar surface area (TPSA) is 29.5 Å². The molecule has 1 aromatic rings. The summed E-state index contributed by atoms with van der Waals surface area (Å²) < 4.78 is 31.4. The van der Waals surface area contributed by atoms with E-state index < -0.39 is 11.6 Å². The molecule has 3 nitrogen and oxygen atoms in total. The highest BCUT2D eigenvalue weighted by atomic mass is 19.1. The molecular weight excluding hydrogens is 264 g/mol. The van der Waals surface area contributed by atoms with E-state index in [0.29, 0.717) is 12.6 Å². The van der Waals surface area contributed by atoms with Gasteiger partial charge in [-0.25, -0.2) is 8.78 Å². The summed E-state index contributed by atoms with van der Waals surface area (Å²) in [5.41, 5.74) is 0.0999. The third-order valence-electron chi connectivity index (χ3n) is 3.69. The third-order valence-corrected chi connectivity index (χ3v) is 3.69. The number of nitrogens with zero attached hydrogens (tertiary/aromatic N) is 1. The van der Waals surface area contributed by atoms with Gasteiger partial charge >= 0.3 is 0 Å². The van der Waals surface area contributed by atoms with Crippen LogP contribution in [0.25, 0.3) is 0 Å². The Hall–Kier alpha value is -1.33. The standard InChI is InChI=1S/C15H19F2NO2/c1-18(14-3-6-20-7-4-14)5-2-15(19)11-8-12(16)10-13(17)9-11/h8-10,14H,2-7H2,1H3. The van der Waals surface area contributed by atoms with Crippen LogP contribution in [0.5, 0.6) is 0 Å². The normalized spacial score (nSPS) is 16.6. The van der Waals surface area contributed by atoms with Gasteiger partial charge in [-0.05, 0) is 32.0 Å². The Kier molecular flexibility index (Phi) is 5.20. The number of halogens is 2. The van der Waals surface area contributed by atoms with Crippen LogP contribution in [-0.2, 0) is 4.74 Å². The summed E-state index contributed by atoms with van der Waals surface area (Å²) in [5, 5.41) is 0. The Morgan fingerprint density at radius 3 is 2.45 bits per heavy atom. The highest BCUT2D eigenvalue weighted by Crippen LogP contribution is 2.14. The second-order valence-electron chi connectivity index (χ2n) is 5.16. The van der Waals surface area contributed by atoms with Crippen molar-refractivity contribution in [1.82, 2.24) is 4.90 Å². The quantitative estimate of drug-likeness (QED) is 0.778. The van der Waals surface area contributed by atoms with Crippen molar-refractivity contribution in [3.63, 3.8) is 0 Å². The number of rotatable bonds is 5. The second kappa shape index (κ2) is 6.90. The Morgan fingerprint density at radius 1 is 1.25 bits per heavy atom. The van der Waals surface area contributed by atoms with Crippen molar-refractivity contribution in [2.75, 3.05) is 26.8 Å². The molecule has 1 aliphatic heterocycles. The maximum absolute atomic E-state index is 13.1. The first-order valence-electron chi connectivity index (χ1n) is 6.83. The predicted octanol–water partition coefficient (Wildman–Crippen LogP) is 2.65. The van der Waals surface area contributed by atoms with Crippen molar-refractivity contribution < 1.29 is 18.3 Å². The molecule has 0 radical (unpaired) electrons. The summed E-state index contributed by atoms with van der Waals surface area (Å²) in [6.45, 7) is 2.08. The van der Waals surface area contributed by atoms with Crippen LogP contribution in [0, 0.1) is 11.6 Å². The molecule has 20 heavy (non-hydrogen) atoms. The molecule has 0 spiro atoms. The number of carbonyl (C=O) groups is 1. The number of ether oxygens (including phenoxy) is 1. The van der Waals surface area contributed by atoms with Gasteiger partial charge in [0.15, 0.2) is 5.78 Å². The van der Waals surface area contributed by atoms with E-state index in [1.165, 1.54) is 0 Å². The first-order chi connectivity index (χ1) is 9.56. The van der Waals surface area contributed by atoms with E-state index in [2.05, 4.69) is 4.90 Å². The summed E-state index contributed by atoms with van der Waals surface area (Å²) in [6.07, 6.45) is 2.18. The first-order valence-corrected chi connectivity index (χ1v) is 6.83. The smallest absolute Gasteiger partial charge is 0.164 e. The van der Waals surface area contributed by atoms with Crippen molar-refractivity contribution in [2.45, 2.75) is 25.3 Å². The number of benzene rings is 1. The van der Waals surface area contributed by atoms with Crippen molar-refractivity contribution in [3.8, 4) is 0 Å². The molecule has 0 saturated carbocycles. The lowest BCUT2D eigenvalue weighted by Crippen LogP contribution is -2.37. The van der Waals surface area contributed by atoms with E-state index in [9.17, 15) is 13.6 Å². The second-order valence-corrected chi connectivity index (χ2v) is 5.16. The number of ketones is 1. The maximum atomic E-state index is 13.1. The zero-order chi connectivity index (χ0) is 14.5. The van der Waals surface area contributed by atoms with Gasteiger partial charge in [-0.1, -0.05) is 0 Å². The molecule has 0 aliphatic carbocycles. The highest BCUT2D eigenvalue weighted by Gasteiger charge is 2.19. The van der Waals surface area contributed by atoms with Crippen LogP contribution in [0.3, 0.4) is 0 Å². The predicted molar refractivity (Wildman–Crippen MR) is 71.8 cm³/mol. The average molecular weight is 283 g/mol. The fourth-order valence-corrected chi connectivity index (χ4v) is 2.45. The molecular formula is C15H19F2NO2. The van der Waals surface area contributed by atoms with Crippen LogP contribution >= 0.6 is 0 Å². The van der Waals surface area contributed by atoms with E-state index >= 15 is 0 Å². The van der Waals surface area contributed by atoms with Gasteiger partial charge in [-0.3, -0.25) is 4.79 Å². The van der Waals surface area contributed by atoms with Crippen molar-refractivity contribution in [3.05, 3.63) is 35.4 Å². The Morgan fingerprint density at radius 2 is 1.85 bits per heavy atom. The van der Waals surface area contributed by atoms with Gasteiger partial charge in [0.1, 0.15) is 11.6 Å². The van der Waals surface area contributed by atoms with Gasteiger partial charge in [0.2, 0.25) is 0 Å². The largest absolute Gasteiger partial charge is 0.381 e. The molecule has 1 fully saturated rings. The van der Waals surface area contributed by atoms with Gasteiger partial charge in [0.25, 0.3) is 0 Å². The molecule has 110 valence electrons. The molecule has 1 saturated heterocycles. The summed E-state index contributed by atoms with van der Waals surface area (Å²) in [6, 6.07) is 3.35. The van der Waals surface area contributed by atoms with Crippen LogP contribution in [0.15, 0.2) is 18.2 Å². The SMILES string of the molecule is CN(CCC(=O)c1cc(F)cc(F)c1)C1CCOCC1. The minimum absolute atomic E-state index is 0.0999. The lowest BCUT2D eigenvalue weighted by atomic mass is 10.1. The minimum atomic E-state index is -0.717. The molecule has 0 unspecified atom stereocenters. The van der Waals surface area contributed by atoms with E-state index in [4.69, 9.17) is 4.74 Å². The van der Waals surface area contributed by atoms with E-state index in [0.717, 1.165) is 44.3 Å². The van der Waals surface area contributed by atoms with Crippen molar-refractivity contribution >= 4 is 5.78 Å². The van der Waals surface area contributed by atoms with Gasteiger partial charge in [0.05, 0.1) is 0 Å². The van der Waals surface area contributed by atoms with Gasteiger partial charge in [-0.2, -0.15) is 0 Å². The first kappa shape index (κ1) is 15.1. The fourth-order valence-electron chi connectivity index (χ4n) is 2.45.